The molecule has 0 aliphatic heterocycles. The summed E-state index contributed by atoms with van der Waals surface area (Å²) in [5.41, 5.74) is 1.84. The second kappa shape index (κ2) is 9.31. The lowest BCUT2D eigenvalue weighted by Gasteiger charge is -2.31. The third kappa shape index (κ3) is 6.10. The number of hydrogen-bond donors (Lipinski definition) is 0. The van der Waals surface area contributed by atoms with Gasteiger partial charge < -0.3 is 0 Å². The highest BCUT2D eigenvalue weighted by molar-refractivity contribution is 9.09. The summed E-state index contributed by atoms with van der Waals surface area (Å²) in [6, 6.07) is 8.22. The van der Waals surface area contributed by atoms with Gasteiger partial charge in [-0.2, -0.15) is 11.8 Å². The quantitative estimate of drug-likeness (QED) is 0.448. The molecule has 1 rings (SSSR count). The van der Waals surface area contributed by atoms with Gasteiger partial charge in [-0.25, -0.2) is 0 Å². The van der Waals surface area contributed by atoms with E-state index in [4.69, 9.17) is 11.6 Å². The number of rotatable bonds is 9. The third-order valence-electron chi connectivity index (χ3n) is 3.43. The van der Waals surface area contributed by atoms with Gasteiger partial charge in [0.15, 0.2) is 0 Å². The summed E-state index contributed by atoms with van der Waals surface area (Å²) < 4.78 is 0. The predicted molar refractivity (Wildman–Crippen MR) is 93.7 cm³/mol. The lowest BCUT2D eigenvalue weighted by Crippen LogP contribution is -2.25. The Morgan fingerprint density at radius 2 is 1.68 bits per heavy atom. The van der Waals surface area contributed by atoms with Gasteiger partial charge in [0.2, 0.25) is 0 Å². The molecular formula is C16H24BrClS. The number of hydrogen-bond acceptors (Lipinski definition) is 1. The summed E-state index contributed by atoms with van der Waals surface area (Å²) >= 11 is 11.7. The number of alkyl halides is 1. The smallest absolute Gasteiger partial charge is 0.0406 e. The maximum Gasteiger partial charge on any atom is 0.0406 e. The van der Waals surface area contributed by atoms with Crippen molar-refractivity contribution >= 4 is 39.3 Å². The standard InChI is InChI=1S/C16H24BrClS/c1-3-9-16(12-17,10-4-2)13-19-11-14-5-7-15(18)8-6-14/h5-8H,3-4,9-13H2,1-2H3. The van der Waals surface area contributed by atoms with Gasteiger partial charge >= 0.3 is 0 Å². The van der Waals surface area contributed by atoms with Crippen LogP contribution in [0, 0.1) is 5.41 Å². The molecule has 0 atom stereocenters. The Morgan fingerprint density at radius 3 is 2.16 bits per heavy atom. The van der Waals surface area contributed by atoms with E-state index in [9.17, 15) is 0 Å². The first kappa shape index (κ1) is 17.4. The van der Waals surface area contributed by atoms with Gasteiger partial charge in [-0.05, 0) is 36.0 Å². The van der Waals surface area contributed by atoms with Gasteiger partial charge in [-0.1, -0.05) is 66.4 Å². The molecule has 0 aromatic heterocycles. The van der Waals surface area contributed by atoms with Crippen LogP contribution in [-0.2, 0) is 5.75 Å². The molecule has 0 nitrogen and oxygen atoms in total. The highest BCUT2D eigenvalue weighted by atomic mass is 79.9. The zero-order valence-electron chi connectivity index (χ0n) is 11.9. The van der Waals surface area contributed by atoms with E-state index in [-0.39, 0.29) is 0 Å². The predicted octanol–water partition coefficient (Wildman–Crippen LogP) is 6.55. The summed E-state index contributed by atoms with van der Waals surface area (Å²) in [7, 11) is 0. The van der Waals surface area contributed by atoms with Crippen LogP contribution in [0.15, 0.2) is 24.3 Å². The number of benzene rings is 1. The molecule has 0 spiro atoms. The fraction of sp³-hybridized carbons (Fsp3) is 0.625. The van der Waals surface area contributed by atoms with E-state index in [2.05, 4.69) is 53.7 Å². The normalized spacial score (nSPS) is 11.8. The van der Waals surface area contributed by atoms with Gasteiger partial charge in [0.1, 0.15) is 0 Å². The lowest BCUT2D eigenvalue weighted by molar-refractivity contribution is 0.320. The van der Waals surface area contributed by atoms with E-state index in [1.807, 2.05) is 12.1 Å². The van der Waals surface area contributed by atoms with E-state index in [0.29, 0.717) is 5.41 Å². The van der Waals surface area contributed by atoms with Gasteiger partial charge in [0.25, 0.3) is 0 Å². The number of thioether (sulfide) groups is 1. The van der Waals surface area contributed by atoms with Crippen molar-refractivity contribution < 1.29 is 0 Å². The van der Waals surface area contributed by atoms with Crippen LogP contribution in [0.5, 0.6) is 0 Å². The van der Waals surface area contributed by atoms with Crippen LogP contribution in [0.25, 0.3) is 0 Å². The van der Waals surface area contributed by atoms with Crippen molar-refractivity contribution in [3.63, 3.8) is 0 Å². The van der Waals surface area contributed by atoms with Crippen LogP contribution in [0.4, 0.5) is 0 Å². The molecule has 108 valence electrons. The summed E-state index contributed by atoms with van der Waals surface area (Å²) in [6.07, 6.45) is 5.18. The Balaban J connectivity index is 2.49. The summed E-state index contributed by atoms with van der Waals surface area (Å²) in [6.45, 7) is 4.58. The van der Waals surface area contributed by atoms with E-state index in [1.165, 1.54) is 37.0 Å². The fourth-order valence-electron chi connectivity index (χ4n) is 2.47. The first-order chi connectivity index (χ1) is 9.15. The van der Waals surface area contributed by atoms with Crippen LogP contribution in [0.2, 0.25) is 5.02 Å². The average Bonchev–Trinajstić information content (AvgIpc) is 2.41. The van der Waals surface area contributed by atoms with Crippen LogP contribution in [0.1, 0.15) is 45.1 Å². The molecule has 0 fully saturated rings. The topological polar surface area (TPSA) is 0 Å². The minimum atomic E-state index is 0.473. The van der Waals surface area contributed by atoms with Crippen molar-refractivity contribution in [1.82, 2.24) is 0 Å². The highest BCUT2D eigenvalue weighted by Gasteiger charge is 2.26. The Bertz CT molecular complexity index is 344. The first-order valence-electron chi connectivity index (χ1n) is 7.04. The first-order valence-corrected chi connectivity index (χ1v) is 9.69. The van der Waals surface area contributed by atoms with Gasteiger partial charge in [-0.15, -0.1) is 0 Å². The summed E-state index contributed by atoms with van der Waals surface area (Å²) in [5.74, 6) is 2.32. The van der Waals surface area contributed by atoms with Gasteiger partial charge in [-0.3, -0.25) is 0 Å². The molecule has 19 heavy (non-hydrogen) atoms. The lowest BCUT2D eigenvalue weighted by atomic mass is 9.83. The van der Waals surface area contributed by atoms with Crippen molar-refractivity contribution in [3.05, 3.63) is 34.9 Å². The molecule has 0 saturated heterocycles. The van der Waals surface area contributed by atoms with E-state index in [1.54, 1.807) is 0 Å². The molecule has 0 heterocycles. The maximum absolute atomic E-state index is 5.91. The molecule has 0 aliphatic rings. The maximum atomic E-state index is 5.91. The summed E-state index contributed by atoms with van der Waals surface area (Å²) in [4.78, 5) is 0. The van der Waals surface area contributed by atoms with Crippen molar-refractivity contribution in [2.75, 3.05) is 11.1 Å². The average molecular weight is 364 g/mol. The Labute approximate surface area is 135 Å². The molecule has 0 saturated carbocycles. The number of halogens is 2. The third-order valence-corrected chi connectivity index (χ3v) is 6.23. The van der Waals surface area contributed by atoms with Crippen LogP contribution in [0.3, 0.4) is 0 Å². The highest BCUT2D eigenvalue weighted by Crippen LogP contribution is 2.36. The fourth-order valence-corrected chi connectivity index (χ4v) is 4.97. The Morgan fingerprint density at radius 1 is 1.11 bits per heavy atom. The van der Waals surface area contributed by atoms with Gasteiger partial charge in [0, 0.05) is 21.9 Å². The molecule has 1 aromatic carbocycles. The largest absolute Gasteiger partial charge is 0.157 e. The minimum absolute atomic E-state index is 0.473. The van der Waals surface area contributed by atoms with Crippen molar-refractivity contribution in [3.8, 4) is 0 Å². The monoisotopic (exact) mass is 362 g/mol. The molecule has 0 N–H and O–H groups in total. The molecule has 0 radical (unpaired) electrons. The van der Waals surface area contributed by atoms with E-state index >= 15 is 0 Å². The van der Waals surface area contributed by atoms with Crippen molar-refractivity contribution in [2.24, 2.45) is 5.41 Å². The summed E-state index contributed by atoms with van der Waals surface area (Å²) in [5, 5.41) is 1.94. The zero-order valence-corrected chi connectivity index (χ0v) is 15.1. The van der Waals surface area contributed by atoms with E-state index in [0.717, 1.165) is 16.1 Å². The second-order valence-corrected chi connectivity index (χ2v) is 7.24. The van der Waals surface area contributed by atoms with Gasteiger partial charge in [0.05, 0.1) is 0 Å². The van der Waals surface area contributed by atoms with Crippen LogP contribution < -0.4 is 0 Å². The minimum Gasteiger partial charge on any atom is -0.157 e. The van der Waals surface area contributed by atoms with Crippen molar-refractivity contribution in [1.29, 1.82) is 0 Å². The molecule has 1 aromatic rings. The van der Waals surface area contributed by atoms with E-state index < -0.39 is 0 Å². The molecule has 0 aliphatic carbocycles. The molecule has 0 bridgehead atoms. The van der Waals surface area contributed by atoms with Crippen molar-refractivity contribution in [2.45, 2.75) is 45.3 Å². The zero-order chi connectivity index (χ0) is 14.1. The Kier molecular flexibility index (Phi) is 8.52. The molecule has 3 heteroatoms. The van der Waals surface area contributed by atoms with Crippen LogP contribution >= 0.6 is 39.3 Å². The SMILES string of the molecule is CCCC(CBr)(CCC)CSCc1ccc(Cl)cc1. The van der Waals surface area contributed by atoms with Crippen LogP contribution in [-0.4, -0.2) is 11.1 Å². The second-order valence-electron chi connectivity index (χ2n) is 5.25. The molecular weight excluding hydrogens is 340 g/mol. The molecule has 0 unspecified atom stereocenters. The molecule has 0 amide bonds. The Hall–Kier alpha value is 0.340.